The molecule has 0 unspecified atom stereocenters. The van der Waals surface area contributed by atoms with Crippen LogP contribution in [0.5, 0.6) is 5.75 Å². The van der Waals surface area contributed by atoms with Gasteiger partial charge < -0.3 is 15.0 Å². The summed E-state index contributed by atoms with van der Waals surface area (Å²) in [6.45, 7) is 5.75. The van der Waals surface area contributed by atoms with Crippen LogP contribution in [0.4, 0.5) is 5.69 Å². The summed E-state index contributed by atoms with van der Waals surface area (Å²) in [6.07, 6.45) is 1.10. The molecule has 3 rings (SSSR count). The van der Waals surface area contributed by atoms with Gasteiger partial charge >= 0.3 is 0 Å². The molecule has 0 aliphatic heterocycles. The van der Waals surface area contributed by atoms with Gasteiger partial charge in [-0.3, -0.25) is 13.9 Å². The van der Waals surface area contributed by atoms with Crippen molar-refractivity contribution in [3.8, 4) is 5.75 Å². The molecule has 0 heterocycles. The topological polar surface area (TPSA) is 96.0 Å². The van der Waals surface area contributed by atoms with E-state index in [1.54, 1.807) is 60.7 Å². The number of hydrogen-bond donors (Lipinski definition) is 1. The molecule has 0 saturated carbocycles. The summed E-state index contributed by atoms with van der Waals surface area (Å²) in [6, 6.07) is 19.1. The number of benzene rings is 3. The highest BCUT2D eigenvalue weighted by atomic mass is 35.5. The summed E-state index contributed by atoms with van der Waals surface area (Å²) in [7, 11) is -2.66. The highest BCUT2D eigenvalue weighted by Gasteiger charge is 2.33. The molecule has 0 saturated heterocycles. The van der Waals surface area contributed by atoms with Crippen molar-refractivity contribution in [3.05, 3.63) is 88.9 Å². The van der Waals surface area contributed by atoms with E-state index < -0.39 is 28.5 Å². The molecular formula is C30H36ClN3O5S. The zero-order valence-electron chi connectivity index (χ0n) is 23.3. The van der Waals surface area contributed by atoms with E-state index in [0.29, 0.717) is 29.4 Å². The number of carbonyl (C=O) groups excluding carboxylic acids is 2. The molecule has 0 aliphatic carbocycles. The van der Waals surface area contributed by atoms with E-state index in [0.717, 1.165) is 21.9 Å². The third-order valence-electron chi connectivity index (χ3n) is 6.45. The van der Waals surface area contributed by atoms with Crippen molar-refractivity contribution in [2.75, 3.05) is 24.5 Å². The molecule has 3 aromatic rings. The number of halogens is 1. The second-order valence-electron chi connectivity index (χ2n) is 9.39. The molecule has 1 atom stereocenters. The molecule has 0 aromatic heterocycles. The lowest BCUT2D eigenvalue weighted by atomic mass is 10.1. The average Bonchev–Trinajstić information content (AvgIpc) is 2.96. The van der Waals surface area contributed by atoms with Crippen molar-refractivity contribution in [3.63, 3.8) is 0 Å². The lowest BCUT2D eigenvalue weighted by molar-refractivity contribution is -0.140. The van der Waals surface area contributed by atoms with Crippen molar-refractivity contribution < 1.29 is 22.7 Å². The number of rotatable bonds is 13. The predicted molar refractivity (Wildman–Crippen MR) is 158 cm³/mol. The van der Waals surface area contributed by atoms with E-state index in [9.17, 15) is 18.0 Å². The highest BCUT2D eigenvalue weighted by molar-refractivity contribution is 7.92. The molecule has 8 nitrogen and oxygen atoms in total. The molecule has 2 amide bonds. The van der Waals surface area contributed by atoms with Gasteiger partial charge in [-0.15, -0.1) is 0 Å². The van der Waals surface area contributed by atoms with Gasteiger partial charge in [-0.1, -0.05) is 55.3 Å². The summed E-state index contributed by atoms with van der Waals surface area (Å²) in [5.74, 6) is -0.285. The Morgan fingerprint density at radius 2 is 1.57 bits per heavy atom. The number of nitrogens with one attached hydrogen (secondary N) is 1. The molecule has 0 fully saturated rings. The number of nitrogens with zero attached hydrogens (tertiary/aromatic N) is 2. The average molecular weight is 586 g/mol. The summed E-state index contributed by atoms with van der Waals surface area (Å²) in [5.41, 5.74) is 2.05. The van der Waals surface area contributed by atoms with Gasteiger partial charge in [-0.05, 0) is 73.9 Å². The van der Waals surface area contributed by atoms with Gasteiger partial charge in [0.25, 0.3) is 10.0 Å². The molecule has 0 radical (unpaired) electrons. The quantitative estimate of drug-likeness (QED) is 0.298. The third kappa shape index (κ3) is 7.76. The van der Waals surface area contributed by atoms with E-state index in [2.05, 4.69) is 5.32 Å². The van der Waals surface area contributed by atoms with Crippen LogP contribution >= 0.6 is 11.6 Å². The Kier molecular flexibility index (Phi) is 11.0. The minimum Gasteiger partial charge on any atom is -0.497 e. The second-order valence-corrected chi connectivity index (χ2v) is 11.7. The van der Waals surface area contributed by atoms with E-state index in [1.807, 2.05) is 20.8 Å². The van der Waals surface area contributed by atoms with Crippen molar-refractivity contribution in [1.29, 1.82) is 0 Å². The SMILES string of the molecule is CCCNC(=O)[C@H](CC)N(Cc1ccc(Cl)cc1)C(=O)CN(c1ccc(C)cc1)S(=O)(=O)c1ccc(OC)cc1. The fourth-order valence-electron chi connectivity index (χ4n) is 4.19. The van der Waals surface area contributed by atoms with Gasteiger partial charge in [-0.25, -0.2) is 8.42 Å². The number of anilines is 1. The molecule has 1 N–H and O–H groups in total. The summed E-state index contributed by atoms with van der Waals surface area (Å²) < 4.78 is 34.1. The number of carbonyl (C=O) groups is 2. The molecule has 10 heteroatoms. The summed E-state index contributed by atoms with van der Waals surface area (Å²) >= 11 is 6.06. The van der Waals surface area contributed by atoms with Crippen LogP contribution in [-0.4, -0.2) is 51.4 Å². The van der Waals surface area contributed by atoms with Crippen LogP contribution in [-0.2, 0) is 26.2 Å². The van der Waals surface area contributed by atoms with Gasteiger partial charge in [0.05, 0.1) is 17.7 Å². The molecule has 214 valence electrons. The van der Waals surface area contributed by atoms with E-state index in [4.69, 9.17) is 16.3 Å². The van der Waals surface area contributed by atoms with E-state index >= 15 is 0 Å². The lowest BCUT2D eigenvalue weighted by Gasteiger charge is -2.33. The van der Waals surface area contributed by atoms with Crippen molar-refractivity contribution >= 4 is 39.1 Å². The standard InChI is InChI=1S/C30H36ClN3O5S/c1-5-19-32-30(36)28(6-2)33(20-23-9-11-24(31)12-10-23)29(35)21-34(25-13-7-22(3)8-14-25)40(37,38)27-17-15-26(39-4)16-18-27/h7-18,28H,5-6,19-21H2,1-4H3,(H,32,36)/t28-/m0/s1. The predicted octanol–water partition coefficient (Wildman–Crippen LogP) is 5.19. The molecule has 0 aliphatic rings. The van der Waals surface area contributed by atoms with Crippen LogP contribution < -0.4 is 14.4 Å². The summed E-state index contributed by atoms with van der Waals surface area (Å²) in [5, 5.41) is 3.42. The van der Waals surface area contributed by atoms with Crippen LogP contribution in [0, 0.1) is 6.92 Å². The maximum absolute atomic E-state index is 14.0. The van der Waals surface area contributed by atoms with Gasteiger partial charge in [-0.2, -0.15) is 0 Å². The van der Waals surface area contributed by atoms with Crippen LogP contribution in [0.25, 0.3) is 0 Å². The van der Waals surface area contributed by atoms with Crippen molar-refractivity contribution in [1.82, 2.24) is 10.2 Å². The first-order chi connectivity index (χ1) is 19.1. The number of aryl methyl sites for hydroxylation is 1. The number of methoxy groups -OCH3 is 1. The first-order valence-corrected chi connectivity index (χ1v) is 15.0. The normalized spacial score (nSPS) is 11.9. The van der Waals surface area contributed by atoms with Gasteiger partial charge in [0.2, 0.25) is 11.8 Å². The smallest absolute Gasteiger partial charge is 0.264 e. The fourth-order valence-corrected chi connectivity index (χ4v) is 5.73. The number of ether oxygens (including phenoxy) is 1. The lowest BCUT2D eigenvalue weighted by Crippen LogP contribution is -2.52. The van der Waals surface area contributed by atoms with Gasteiger partial charge in [0.15, 0.2) is 0 Å². The number of hydrogen-bond acceptors (Lipinski definition) is 5. The van der Waals surface area contributed by atoms with Crippen LogP contribution in [0.1, 0.15) is 37.8 Å². The maximum atomic E-state index is 14.0. The monoisotopic (exact) mass is 585 g/mol. The van der Waals surface area contributed by atoms with Crippen molar-refractivity contribution in [2.24, 2.45) is 0 Å². The minimum atomic E-state index is -4.15. The Morgan fingerprint density at radius 3 is 2.12 bits per heavy atom. The van der Waals surface area contributed by atoms with E-state index in [1.165, 1.54) is 24.1 Å². The van der Waals surface area contributed by atoms with Gasteiger partial charge in [0, 0.05) is 18.1 Å². The minimum absolute atomic E-state index is 0.0126. The van der Waals surface area contributed by atoms with Gasteiger partial charge in [0.1, 0.15) is 18.3 Å². The second kappa shape index (κ2) is 14.2. The van der Waals surface area contributed by atoms with Crippen LogP contribution in [0.3, 0.4) is 0 Å². The first kappa shape index (κ1) is 31.0. The Balaban J connectivity index is 2.04. The zero-order chi connectivity index (χ0) is 29.3. The molecule has 3 aromatic carbocycles. The maximum Gasteiger partial charge on any atom is 0.264 e. The van der Waals surface area contributed by atoms with Crippen molar-refractivity contribution in [2.45, 2.75) is 51.1 Å². The molecule has 0 spiro atoms. The molecular weight excluding hydrogens is 550 g/mol. The third-order valence-corrected chi connectivity index (χ3v) is 8.49. The highest BCUT2D eigenvalue weighted by Crippen LogP contribution is 2.26. The van der Waals surface area contributed by atoms with Crippen LogP contribution in [0.2, 0.25) is 5.02 Å². The number of amides is 2. The van der Waals surface area contributed by atoms with Crippen LogP contribution in [0.15, 0.2) is 77.7 Å². The summed E-state index contributed by atoms with van der Waals surface area (Å²) in [4.78, 5) is 28.6. The Bertz CT molecular complexity index is 1380. The Labute approximate surface area is 241 Å². The first-order valence-electron chi connectivity index (χ1n) is 13.2. The fraction of sp³-hybridized carbons (Fsp3) is 0.333. The Morgan fingerprint density at radius 1 is 0.950 bits per heavy atom. The number of sulfonamides is 1. The molecule has 40 heavy (non-hydrogen) atoms. The van der Waals surface area contributed by atoms with E-state index in [-0.39, 0.29) is 17.3 Å². The largest absolute Gasteiger partial charge is 0.497 e. The molecule has 0 bridgehead atoms. The Hall–Kier alpha value is -3.56. The zero-order valence-corrected chi connectivity index (χ0v) is 24.8.